The fourth-order valence-corrected chi connectivity index (χ4v) is 5.90. The zero-order chi connectivity index (χ0) is 16.4. The molecule has 24 heavy (non-hydrogen) atoms. The predicted octanol–water partition coefficient (Wildman–Crippen LogP) is 1.21. The molecule has 2 N–H and O–H groups in total. The summed E-state index contributed by atoms with van der Waals surface area (Å²) in [6.45, 7) is 5.25. The maximum Gasteiger partial charge on any atom is 0.252 e. The van der Waals surface area contributed by atoms with Crippen LogP contribution in [-0.2, 0) is 14.8 Å². The van der Waals surface area contributed by atoms with Gasteiger partial charge in [-0.25, -0.2) is 8.42 Å². The number of amides is 1. The van der Waals surface area contributed by atoms with E-state index in [9.17, 15) is 13.2 Å². The van der Waals surface area contributed by atoms with Gasteiger partial charge in [0.1, 0.15) is 4.21 Å². The average molecular weight is 394 g/mol. The van der Waals surface area contributed by atoms with Gasteiger partial charge in [-0.3, -0.25) is 4.79 Å². The van der Waals surface area contributed by atoms with Crippen molar-refractivity contribution in [1.82, 2.24) is 14.9 Å². The van der Waals surface area contributed by atoms with Crippen molar-refractivity contribution in [2.24, 2.45) is 11.8 Å². The molecule has 136 valence electrons. The summed E-state index contributed by atoms with van der Waals surface area (Å²) in [5.74, 6) is 0.253. The zero-order valence-corrected chi connectivity index (χ0v) is 16.1. The van der Waals surface area contributed by atoms with E-state index in [1.54, 1.807) is 6.07 Å². The summed E-state index contributed by atoms with van der Waals surface area (Å²) in [4.78, 5) is 13.3. The van der Waals surface area contributed by atoms with Gasteiger partial charge >= 0.3 is 0 Å². The van der Waals surface area contributed by atoms with Crippen LogP contribution in [0.1, 0.15) is 17.7 Å². The summed E-state index contributed by atoms with van der Waals surface area (Å²) in [6, 6.07) is 3.47. The molecular weight excluding hydrogens is 370 g/mol. The van der Waals surface area contributed by atoms with Crippen molar-refractivity contribution >= 4 is 39.7 Å². The zero-order valence-electron chi connectivity index (χ0n) is 13.7. The molecule has 0 radical (unpaired) electrons. The molecule has 1 amide bonds. The van der Waals surface area contributed by atoms with E-state index in [1.165, 1.54) is 15.6 Å². The Labute approximate surface area is 153 Å². The average Bonchev–Trinajstić information content (AvgIpc) is 2.93. The predicted molar refractivity (Wildman–Crippen MR) is 97.2 cm³/mol. The summed E-state index contributed by atoms with van der Waals surface area (Å²) in [7, 11) is -3.47. The van der Waals surface area contributed by atoms with E-state index in [0.717, 1.165) is 30.8 Å². The van der Waals surface area contributed by atoms with Gasteiger partial charge in [0.25, 0.3) is 10.0 Å². The first-order valence-electron chi connectivity index (χ1n) is 8.02. The molecule has 1 atom stereocenters. The first-order valence-corrected chi connectivity index (χ1v) is 10.3. The first-order chi connectivity index (χ1) is 11.0. The maximum atomic E-state index is 12.7. The molecule has 3 heterocycles. The van der Waals surface area contributed by atoms with Crippen LogP contribution in [0.5, 0.6) is 0 Å². The minimum Gasteiger partial charge on any atom is -0.355 e. The van der Waals surface area contributed by atoms with Gasteiger partial charge in [0.05, 0.1) is 5.92 Å². The highest BCUT2D eigenvalue weighted by Crippen LogP contribution is 2.28. The van der Waals surface area contributed by atoms with Crippen molar-refractivity contribution in [2.75, 3.05) is 32.7 Å². The molecule has 2 aliphatic rings. The maximum absolute atomic E-state index is 12.7. The quantitative estimate of drug-likeness (QED) is 0.788. The smallest absolute Gasteiger partial charge is 0.252 e. The summed E-state index contributed by atoms with van der Waals surface area (Å²) in [6.07, 6.45) is 1.48. The van der Waals surface area contributed by atoms with Crippen molar-refractivity contribution in [1.29, 1.82) is 0 Å². The van der Waals surface area contributed by atoms with Gasteiger partial charge in [0, 0.05) is 43.5 Å². The molecule has 2 fully saturated rings. The fraction of sp³-hybridized carbons (Fsp3) is 0.667. The highest BCUT2D eigenvalue weighted by molar-refractivity contribution is 7.91. The van der Waals surface area contributed by atoms with Gasteiger partial charge in [-0.1, -0.05) is 0 Å². The lowest BCUT2D eigenvalue weighted by atomic mass is 9.98. The minimum atomic E-state index is -3.47. The highest BCUT2D eigenvalue weighted by atomic mass is 35.5. The Morgan fingerprint density at radius 1 is 1.42 bits per heavy atom. The second-order valence-electron chi connectivity index (χ2n) is 6.34. The number of carbonyl (C=O) groups is 1. The molecule has 0 aliphatic carbocycles. The van der Waals surface area contributed by atoms with Gasteiger partial charge in [-0.05, 0) is 31.9 Å². The normalized spacial score (nSPS) is 22.5. The lowest BCUT2D eigenvalue weighted by Crippen LogP contribution is -2.50. The Bertz CT molecular complexity index is 673. The van der Waals surface area contributed by atoms with Crippen LogP contribution in [0, 0.1) is 18.8 Å². The van der Waals surface area contributed by atoms with E-state index >= 15 is 0 Å². The molecule has 3 rings (SSSR count). The van der Waals surface area contributed by atoms with E-state index in [-0.39, 0.29) is 30.8 Å². The Morgan fingerprint density at radius 3 is 2.75 bits per heavy atom. The number of aryl methyl sites for hydroxylation is 1. The lowest BCUT2D eigenvalue weighted by Gasteiger charge is -2.32. The van der Waals surface area contributed by atoms with Crippen molar-refractivity contribution in [3.63, 3.8) is 0 Å². The van der Waals surface area contributed by atoms with Crippen molar-refractivity contribution < 1.29 is 13.2 Å². The molecule has 0 bridgehead atoms. The topological polar surface area (TPSA) is 78.5 Å². The van der Waals surface area contributed by atoms with Crippen LogP contribution in [0.2, 0.25) is 0 Å². The van der Waals surface area contributed by atoms with E-state index in [0.29, 0.717) is 23.2 Å². The first kappa shape index (κ1) is 19.7. The van der Waals surface area contributed by atoms with Crippen molar-refractivity contribution in [3.8, 4) is 0 Å². The van der Waals surface area contributed by atoms with E-state index in [1.807, 2.05) is 13.0 Å². The standard InChI is InChI=1S/C15H23N3O3S2.ClH/c1-11-4-5-14(22-11)23(20,21)18-6-2-3-13(10-18)15(19)17-9-12-7-16-8-12;/h4-5,12-13,16H,2-3,6-10H2,1H3,(H,17,19);1H. The number of hydrogen-bond acceptors (Lipinski definition) is 5. The van der Waals surface area contributed by atoms with Crippen molar-refractivity contribution in [2.45, 2.75) is 24.0 Å². The number of nitrogens with one attached hydrogen (secondary N) is 2. The van der Waals surface area contributed by atoms with Gasteiger partial charge in [0.15, 0.2) is 0 Å². The van der Waals surface area contributed by atoms with Crippen LogP contribution >= 0.6 is 23.7 Å². The molecule has 0 spiro atoms. The van der Waals surface area contributed by atoms with Crippen LogP contribution < -0.4 is 10.6 Å². The minimum absolute atomic E-state index is 0. The summed E-state index contributed by atoms with van der Waals surface area (Å²) in [5, 5.41) is 6.15. The molecule has 0 aromatic carbocycles. The van der Waals surface area contributed by atoms with Gasteiger partial charge in [0.2, 0.25) is 5.91 Å². The highest BCUT2D eigenvalue weighted by Gasteiger charge is 2.34. The largest absolute Gasteiger partial charge is 0.355 e. The van der Waals surface area contributed by atoms with Crippen LogP contribution in [-0.4, -0.2) is 51.4 Å². The molecule has 1 unspecified atom stereocenters. The number of thiophene rings is 1. The van der Waals surface area contributed by atoms with Crippen LogP contribution in [0.3, 0.4) is 0 Å². The third kappa shape index (κ3) is 4.29. The Hall–Kier alpha value is -0.670. The van der Waals surface area contributed by atoms with E-state index < -0.39 is 10.0 Å². The molecule has 1 aromatic rings. The number of sulfonamides is 1. The van der Waals surface area contributed by atoms with Crippen LogP contribution in [0.4, 0.5) is 0 Å². The molecule has 2 saturated heterocycles. The van der Waals surface area contributed by atoms with Gasteiger partial charge in [-0.2, -0.15) is 4.31 Å². The summed E-state index contributed by atoms with van der Waals surface area (Å²) < 4.78 is 27.2. The van der Waals surface area contributed by atoms with E-state index in [2.05, 4.69) is 10.6 Å². The third-order valence-corrected chi connectivity index (χ3v) is 7.83. The molecule has 6 nitrogen and oxygen atoms in total. The van der Waals surface area contributed by atoms with Crippen LogP contribution in [0.25, 0.3) is 0 Å². The number of piperidine rings is 1. The van der Waals surface area contributed by atoms with E-state index in [4.69, 9.17) is 0 Å². The molecule has 1 aromatic heterocycles. The SMILES string of the molecule is Cc1ccc(S(=O)(=O)N2CCCC(C(=O)NCC3CNC3)C2)s1.Cl. The number of rotatable bonds is 5. The number of nitrogens with zero attached hydrogens (tertiary/aromatic N) is 1. The monoisotopic (exact) mass is 393 g/mol. The fourth-order valence-electron chi connectivity index (χ4n) is 2.93. The third-order valence-electron chi connectivity index (χ3n) is 4.50. The molecule has 0 saturated carbocycles. The Balaban J connectivity index is 0.00000208. The Morgan fingerprint density at radius 2 is 2.17 bits per heavy atom. The molecule has 2 aliphatic heterocycles. The Kier molecular flexibility index (Phi) is 6.66. The second-order valence-corrected chi connectivity index (χ2v) is 9.79. The van der Waals surface area contributed by atoms with Crippen molar-refractivity contribution in [3.05, 3.63) is 17.0 Å². The van der Waals surface area contributed by atoms with Gasteiger partial charge in [-0.15, -0.1) is 23.7 Å². The lowest BCUT2D eigenvalue weighted by molar-refractivity contribution is -0.126. The summed E-state index contributed by atoms with van der Waals surface area (Å²) in [5.41, 5.74) is 0. The number of hydrogen-bond donors (Lipinski definition) is 2. The molecule has 9 heteroatoms. The second kappa shape index (κ2) is 8.14. The number of carbonyl (C=O) groups excluding carboxylic acids is 1. The molecular formula is C15H24ClN3O3S2. The summed E-state index contributed by atoms with van der Waals surface area (Å²) >= 11 is 1.29. The van der Waals surface area contributed by atoms with Crippen LogP contribution in [0.15, 0.2) is 16.3 Å². The number of halogens is 1. The van der Waals surface area contributed by atoms with Gasteiger partial charge < -0.3 is 10.6 Å².